The highest BCUT2D eigenvalue weighted by molar-refractivity contribution is 5.38. The zero-order valence-electron chi connectivity index (χ0n) is 28.5. The van der Waals surface area contributed by atoms with Crippen LogP contribution in [0.1, 0.15) is 101 Å². The number of allylic oxidation sites excluding steroid dienone is 12. The third-order valence-corrected chi connectivity index (χ3v) is 10.00. The summed E-state index contributed by atoms with van der Waals surface area (Å²) in [5, 5.41) is 10.4. The Morgan fingerprint density at radius 2 is 1.14 bits per heavy atom. The summed E-state index contributed by atoms with van der Waals surface area (Å²) in [7, 11) is 0. The first kappa shape index (κ1) is 33.4. The quantitative estimate of drug-likeness (QED) is 0.228. The average Bonchev–Trinajstić information content (AvgIpc) is 3.45. The maximum absolute atomic E-state index is 10.4. The van der Waals surface area contributed by atoms with E-state index in [0.717, 1.165) is 12.8 Å². The van der Waals surface area contributed by atoms with Crippen LogP contribution in [0.4, 0.5) is 0 Å². The Morgan fingerprint density at radius 3 is 1.65 bits per heavy atom. The molecule has 234 valence electrons. The molecule has 4 rings (SSSR count). The highest BCUT2D eigenvalue weighted by Gasteiger charge is 2.50. The van der Waals surface area contributed by atoms with Crippen LogP contribution in [0.2, 0.25) is 0 Å². The molecular formula is C40H56O3. The lowest BCUT2D eigenvalue weighted by molar-refractivity contribution is -0.0683. The molecule has 0 spiro atoms. The molecule has 2 aliphatic heterocycles. The van der Waals surface area contributed by atoms with Crippen LogP contribution < -0.4 is 0 Å². The van der Waals surface area contributed by atoms with Crippen molar-refractivity contribution in [1.82, 2.24) is 0 Å². The van der Waals surface area contributed by atoms with Crippen molar-refractivity contribution in [1.29, 1.82) is 0 Å². The normalized spacial score (nSPS) is 35.1. The maximum Gasteiger partial charge on any atom is 0.0982 e. The van der Waals surface area contributed by atoms with Gasteiger partial charge >= 0.3 is 0 Å². The van der Waals surface area contributed by atoms with Crippen LogP contribution >= 0.6 is 0 Å². The minimum atomic E-state index is -0.377. The first-order chi connectivity index (χ1) is 20.0. The van der Waals surface area contributed by atoms with Gasteiger partial charge < -0.3 is 14.6 Å². The van der Waals surface area contributed by atoms with E-state index in [1.165, 1.54) is 46.3 Å². The van der Waals surface area contributed by atoms with Gasteiger partial charge in [-0.25, -0.2) is 0 Å². The Morgan fingerprint density at radius 1 is 0.651 bits per heavy atom. The number of ether oxygens (including phenoxy) is 2. The molecule has 2 heterocycles. The monoisotopic (exact) mass is 584 g/mol. The molecule has 2 saturated carbocycles. The fourth-order valence-electron chi connectivity index (χ4n) is 7.74. The summed E-state index contributed by atoms with van der Waals surface area (Å²) in [5.74, 6) is 0. The van der Waals surface area contributed by atoms with Gasteiger partial charge in [0, 0.05) is 6.42 Å². The molecule has 1 N–H and O–H groups in total. The summed E-state index contributed by atoms with van der Waals surface area (Å²) in [6.45, 7) is 22.1. The molecule has 0 saturated heterocycles. The largest absolute Gasteiger partial charge is 0.393 e. The summed E-state index contributed by atoms with van der Waals surface area (Å²) in [6, 6.07) is 0. The van der Waals surface area contributed by atoms with Crippen molar-refractivity contribution >= 4 is 0 Å². The predicted molar refractivity (Wildman–Crippen MR) is 182 cm³/mol. The number of aliphatic hydroxyl groups excluding tert-OH is 1. The van der Waals surface area contributed by atoms with Gasteiger partial charge in [-0.15, -0.1) is 0 Å². The Bertz CT molecular complexity index is 1340. The van der Waals surface area contributed by atoms with E-state index in [1.807, 2.05) is 0 Å². The molecular weight excluding hydrogens is 528 g/mol. The van der Waals surface area contributed by atoms with E-state index >= 15 is 0 Å². The number of hydrogen-bond donors (Lipinski definition) is 1. The SMILES string of the molecule is CC(/C=C/C=C(\C)C1C=C2C(C)(C)CCCC2(C)O1)=C\C=C\C=C(C)\C=C\C=C(/C)C1C=C2C(C)(C)C[C@H](O)CC2(C)O1. The Hall–Kier alpha value is -2.46. The first-order valence-corrected chi connectivity index (χ1v) is 16.3. The highest BCUT2D eigenvalue weighted by atomic mass is 16.5. The van der Waals surface area contributed by atoms with Gasteiger partial charge in [0.2, 0.25) is 0 Å². The zero-order valence-corrected chi connectivity index (χ0v) is 28.5. The molecule has 0 aromatic carbocycles. The number of hydrogen-bond acceptors (Lipinski definition) is 3. The van der Waals surface area contributed by atoms with E-state index in [2.05, 4.69) is 142 Å². The zero-order chi connectivity index (χ0) is 31.6. The Kier molecular flexibility index (Phi) is 10.0. The van der Waals surface area contributed by atoms with Crippen molar-refractivity contribution in [2.45, 2.75) is 131 Å². The fourth-order valence-corrected chi connectivity index (χ4v) is 7.74. The molecule has 3 heteroatoms. The molecule has 0 aromatic rings. The van der Waals surface area contributed by atoms with Crippen LogP contribution in [0, 0.1) is 10.8 Å². The van der Waals surface area contributed by atoms with Gasteiger partial charge in [-0.05, 0) is 113 Å². The minimum Gasteiger partial charge on any atom is -0.393 e. The lowest BCUT2D eigenvalue weighted by Crippen LogP contribution is -2.45. The lowest BCUT2D eigenvalue weighted by atomic mass is 9.65. The lowest BCUT2D eigenvalue weighted by Gasteiger charge is -2.44. The molecule has 0 radical (unpaired) electrons. The third kappa shape index (κ3) is 7.80. The van der Waals surface area contributed by atoms with Crippen LogP contribution in [-0.2, 0) is 9.47 Å². The van der Waals surface area contributed by atoms with Crippen molar-refractivity contribution in [3.8, 4) is 0 Å². The summed E-state index contributed by atoms with van der Waals surface area (Å²) >= 11 is 0. The van der Waals surface area contributed by atoms with Crippen molar-refractivity contribution in [3.63, 3.8) is 0 Å². The smallest absolute Gasteiger partial charge is 0.0982 e. The molecule has 43 heavy (non-hydrogen) atoms. The number of fused-ring (bicyclic) bond motifs is 2. The van der Waals surface area contributed by atoms with Gasteiger partial charge in [0.1, 0.15) is 0 Å². The standard InChI is InChI=1S/C40H56O3/c1-28(18-13-20-30(3)33-24-35-37(5,6)22-15-23-39(35,9)42-33)16-11-12-17-29(2)19-14-21-31(4)34-25-36-38(7,8)26-32(41)27-40(36,10)43-34/h11-14,16-21,24-25,32-34,41H,15,22-23,26-27H2,1-10H3/b12-11+,18-13+,19-14+,28-16+,29-17+,30-20+,31-21+/t32-,33?,34?,39?,40?/m0/s1. The van der Waals surface area contributed by atoms with Gasteiger partial charge in [-0.3, -0.25) is 0 Å². The molecule has 2 fully saturated rings. The van der Waals surface area contributed by atoms with Crippen LogP contribution in [0.5, 0.6) is 0 Å². The van der Waals surface area contributed by atoms with Gasteiger partial charge in [0.05, 0.1) is 29.5 Å². The van der Waals surface area contributed by atoms with Crippen molar-refractivity contribution < 1.29 is 14.6 Å². The van der Waals surface area contributed by atoms with Crippen LogP contribution in [0.25, 0.3) is 0 Å². The molecule has 2 aliphatic carbocycles. The highest BCUT2D eigenvalue weighted by Crippen LogP contribution is 2.53. The first-order valence-electron chi connectivity index (χ1n) is 16.3. The minimum absolute atomic E-state index is 0.0411. The molecule has 5 atom stereocenters. The third-order valence-electron chi connectivity index (χ3n) is 10.00. The predicted octanol–water partition coefficient (Wildman–Crippen LogP) is 10.00. The Labute approximate surface area is 262 Å². The fraction of sp³-hybridized carbons (Fsp3) is 0.550. The Balaban J connectivity index is 1.29. The molecule has 0 aromatic heterocycles. The van der Waals surface area contributed by atoms with E-state index in [1.54, 1.807) is 0 Å². The van der Waals surface area contributed by atoms with Crippen LogP contribution in [0.15, 0.2) is 106 Å². The van der Waals surface area contributed by atoms with Crippen molar-refractivity contribution in [3.05, 3.63) is 106 Å². The van der Waals surface area contributed by atoms with E-state index < -0.39 is 0 Å². The van der Waals surface area contributed by atoms with E-state index in [9.17, 15) is 5.11 Å². The topological polar surface area (TPSA) is 38.7 Å². The molecule has 0 bridgehead atoms. The van der Waals surface area contributed by atoms with E-state index in [0.29, 0.717) is 6.42 Å². The van der Waals surface area contributed by atoms with Crippen LogP contribution in [0.3, 0.4) is 0 Å². The van der Waals surface area contributed by atoms with Crippen molar-refractivity contribution in [2.24, 2.45) is 10.8 Å². The van der Waals surface area contributed by atoms with E-state index in [4.69, 9.17) is 9.47 Å². The second-order valence-electron chi connectivity index (χ2n) is 15.1. The van der Waals surface area contributed by atoms with Crippen LogP contribution in [-0.4, -0.2) is 34.6 Å². The molecule has 0 amide bonds. The van der Waals surface area contributed by atoms with Gasteiger partial charge in [-0.1, -0.05) is 99.6 Å². The van der Waals surface area contributed by atoms with E-state index in [-0.39, 0.29) is 40.3 Å². The summed E-state index contributed by atoms with van der Waals surface area (Å²) in [4.78, 5) is 0. The van der Waals surface area contributed by atoms with Crippen molar-refractivity contribution in [2.75, 3.05) is 0 Å². The molecule has 3 nitrogen and oxygen atoms in total. The summed E-state index contributed by atoms with van der Waals surface area (Å²) in [6.07, 6.45) is 30.7. The molecule has 4 unspecified atom stereocenters. The second-order valence-corrected chi connectivity index (χ2v) is 15.1. The van der Waals surface area contributed by atoms with Gasteiger partial charge in [0.25, 0.3) is 0 Å². The van der Waals surface area contributed by atoms with Gasteiger partial charge in [0.15, 0.2) is 0 Å². The summed E-state index contributed by atoms with van der Waals surface area (Å²) < 4.78 is 13.0. The number of aliphatic hydroxyl groups is 1. The van der Waals surface area contributed by atoms with Gasteiger partial charge in [-0.2, -0.15) is 0 Å². The number of rotatable bonds is 8. The second kappa shape index (κ2) is 12.9. The maximum atomic E-state index is 10.4. The molecule has 4 aliphatic rings. The average molecular weight is 585 g/mol. The summed E-state index contributed by atoms with van der Waals surface area (Å²) in [5.41, 5.74) is 7.31.